The number of hydrogen-bond donors (Lipinski definition) is 0. The molecule has 0 radical (unpaired) electrons. The van der Waals surface area contributed by atoms with Crippen LogP contribution in [0, 0.1) is 0 Å². The van der Waals surface area contributed by atoms with Crippen molar-refractivity contribution >= 4 is 12.4 Å². The Morgan fingerprint density at radius 3 is 2.93 bits per heavy atom. The van der Waals surface area contributed by atoms with E-state index < -0.39 is 0 Å². The minimum Gasteiger partial charge on any atom is -0.302 e. The van der Waals surface area contributed by atoms with Crippen molar-refractivity contribution < 1.29 is 4.79 Å². The quantitative estimate of drug-likeness (QED) is 0.649. The van der Waals surface area contributed by atoms with Gasteiger partial charge in [-0.1, -0.05) is 43.3 Å². The molecule has 0 amide bonds. The van der Waals surface area contributed by atoms with E-state index in [4.69, 9.17) is 0 Å². The van der Waals surface area contributed by atoms with Crippen LogP contribution in [-0.2, 0) is 10.2 Å². The van der Waals surface area contributed by atoms with Gasteiger partial charge in [-0.15, -0.1) is 0 Å². The topological polar surface area (TPSA) is 17.1 Å². The van der Waals surface area contributed by atoms with E-state index in [1.54, 1.807) is 0 Å². The molecule has 0 aromatic heterocycles. The fourth-order valence-corrected chi connectivity index (χ4v) is 2.13. The first-order valence-electron chi connectivity index (χ1n) is 5.05. The lowest BCUT2D eigenvalue weighted by Crippen LogP contribution is -2.29. The maximum absolute atomic E-state index is 11.2. The van der Waals surface area contributed by atoms with E-state index in [2.05, 4.69) is 31.2 Å². The molecule has 0 aliphatic heterocycles. The number of allylic oxidation sites excluding steroid dienone is 1. The van der Waals surface area contributed by atoms with Crippen LogP contribution >= 0.6 is 0 Å². The summed E-state index contributed by atoms with van der Waals surface area (Å²) < 4.78 is 0. The molecule has 0 saturated carbocycles. The summed E-state index contributed by atoms with van der Waals surface area (Å²) in [7, 11) is 0. The number of aldehydes is 1. The predicted octanol–water partition coefficient (Wildman–Crippen LogP) is 2.95. The highest BCUT2D eigenvalue weighted by Crippen LogP contribution is 2.36. The lowest BCUT2D eigenvalue weighted by Gasteiger charge is -2.30. The Kier molecular flexibility index (Phi) is 2.24. The predicted molar refractivity (Wildman–Crippen MR) is 58.1 cm³/mol. The number of carbonyl (C=O) groups is 1. The molecule has 1 aromatic carbocycles. The average molecular weight is 186 g/mol. The van der Waals surface area contributed by atoms with E-state index in [-0.39, 0.29) is 5.41 Å². The maximum atomic E-state index is 11.2. The van der Waals surface area contributed by atoms with Crippen LogP contribution in [0.2, 0.25) is 0 Å². The fourth-order valence-electron chi connectivity index (χ4n) is 2.13. The van der Waals surface area contributed by atoms with Crippen LogP contribution in [0.25, 0.3) is 6.08 Å². The summed E-state index contributed by atoms with van der Waals surface area (Å²) in [5.74, 6) is 0. The zero-order chi connectivity index (χ0) is 10.0. The van der Waals surface area contributed by atoms with Crippen molar-refractivity contribution in [2.75, 3.05) is 0 Å². The highest BCUT2D eigenvalue weighted by molar-refractivity contribution is 5.75. The van der Waals surface area contributed by atoms with Crippen molar-refractivity contribution in [1.82, 2.24) is 0 Å². The summed E-state index contributed by atoms with van der Waals surface area (Å²) in [6.45, 7) is 2.07. The molecule has 1 heteroatoms. The summed E-state index contributed by atoms with van der Waals surface area (Å²) in [5.41, 5.74) is 2.10. The Labute approximate surface area is 84.5 Å². The highest BCUT2D eigenvalue weighted by Gasteiger charge is 2.32. The van der Waals surface area contributed by atoms with Gasteiger partial charge < -0.3 is 4.79 Å². The lowest BCUT2D eigenvalue weighted by molar-refractivity contribution is -0.112. The van der Waals surface area contributed by atoms with Crippen molar-refractivity contribution in [3.8, 4) is 0 Å². The molecule has 72 valence electrons. The monoisotopic (exact) mass is 186 g/mol. The molecule has 0 saturated heterocycles. The van der Waals surface area contributed by atoms with Crippen LogP contribution in [0.15, 0.2) is 30.3 Å². The number of hydrogen-bond acceptors (Lipinski definition) is 1. The summed E-state index contributed by atoms with van der Waals surface area (Å²) >= 11 is 0. The van der Waals surface area contributed by atoms with Crippen LogP contribution in [0.3, 0.4) is 0 Å². The van der Waals surface area contributed by atoms with Crippen LogP contribution in [0.1, 0.15) is 30.9 Å². The summed E-state index contributed by atoms with van der Waals surface area (Å²) in [6, 6.07) is 8.15. The van der Waals surface area contributed by atoms with Crippen LogP contribution in [0.4, 0.5) is 0 Å². The molecule has 0 fully saturated rings. The molecule has 1 unspecified atom stereocenters. The molecule has 1 aromatic rings. The van der Waals surface area contributed by atoms with Gasteiger partial charge in [-0.2, -0.15) is 0 Å². The second-order valence-electron chi connectivity index (χ2n) is 3.82. The number of fused-ring (bicyclic) bond motifs is 1. The van der Waals surface area contributed by atoms with E-state index in [9.17, 15) is 4.79 Å². The molecular formula is C13H14O. The van der Waals surface area contributed by atoms with Gasteiger partial charge in [-0.3, -0.25) is 0 Å². The van der Waals surface area contributed by atoms with Gasteiger partial charge in [0.15, 0.2) is 0 Å². The maximum Gasteiger partial charge on any atom is 0.130 e. The molecule has 1 atom stereocenters. The van der Waals surface area contributed by atoms with E-state index in [0.717, 1.165) is 19.1 Å². The van der Waals surface area contributed by atoms with Gasteiger partial charge in [0.2, 0.25) is 0 Å². The minimum atomic E-state index is -0.272. The zero-order valence-corrected chi connectivity index (χ0v) is 8.36. The molecule has 0 bridgehead atoms. The van der Waals surface area contributed by atoms with Gasteiger partial charge in [0.1, 0.15) is 6.29 Å². The van der Waals surface area contributed by atoms with Crippen LogP contribution < -0.4 is 0 Å². The smallest absolute Gasteiger partial charge is 0.130 e. The number of benzene rings is 1. The molecule has 0 spiro atoms. The fraction of sp³-hybridized carbons (Fsp3) is 0.308. The van der Waals surface area contributed by atoms with Crippen molar-refractivity contribution in [1.29, 1.82) is 0 Å². The Morgan fingerprint density at radius 1 is 1.43 bits per heavy atom. The molecule has 1 nitrogen and oxygen atoms in total. The molecule has 1 aliphatic rings. The van der Waals surface area contributed by atoms with Gasteiger partial charge in [-0.25, -0.2) is 0 Å². The van der Waals surface area contributed by atoms with E-state index in [1.165, 1.54) is 11.1 Å². The normalized spacial score (nSPS) is 24.4. The molecule has 1 aliphatic carbocycles. The van der Waals surface area contributed by atoms with Crippen LogP contribution in [-0.4, -0.2) is 6.29 Å². The van der Waals surface area contributed by atoms with Gasteiger partial charge in [-0.05, 0) is 24.0 Å². The lowest BCUT2D eigenvalue weighted by atomic mass is 9.72. The van der Waals surface area contributed by atoms with Crippen molar-refractivity contribution in [2.24, 2.45) is 0 Å². The minimum absolute atomic E-state index is 0.272. The first-order valence-corrected chi connectivity index (χ1v) is 5.05. The van der Waals surface area contributed by atoms with E-state index in [1.807, 2.05) is 12.1 Å². The Hall–Kier alpha value is -1.37. The van der Waals surface area contributed by atoms with Gasteiger partial charge in [0.25, 0.3) is 0 Å². The third-order valence-corrected chi connectivity index (χ3v) is 3.13. The highest BCUT2D eigenvalue weighted by atomic mass is 16.1. The van der Waals surface area contributed by atoms with Gasteiger partial charge in [0, 0.05) is 0 Å². The van der Waals surface area contributed by atoms with Crippen LogP contribution in [0.5, 0.6) is 0 Å². The number of carbonyl (C=O) groups excluding carboxylic acids is 1. The summed E-state index contributed by atoms with van der Waals surface area (Å²) in [4.78, 5) is 11.2. The van der Waals surface area contributed by atoms with Crippen molar-refractivity contribution in [2.45, 2.75) is 25.2 Å². The standard InChI is InChI=1S/C13H14O/c1-2-13(10-14)9-5-7-11-6-3-4-8-12(11)13/h3-8,10H,2,9H2,1H3. The third-order valence-electron chi connectivity index (χ3n) is 3.13. The zero-order valence-electron chi connectivity index (χ0n) is 8.36. The molecule has 0 heterocycles. The number of rotatable bonds is 2. The average Bonchev–Trinajstić information content (AvgIpc) is 2.28. The molecular weight excluding hydrogens is 172 g/mol. The second-order valence-corrected chi connectivity index (χ2v) is 3.82. The molecule has 0 N–H and O–H groups in total. The van der Waals surface area contributed by atoms with Gasteiger partial charge in [0.05, 0.1) is 5.41 Å². The summed E-state index contributed by atoms with van der Waals surface area (Å²) in [5, 5.41) is 0. The first kappa shape index (κ1) is 9.20. The summed E-state index contributed by atoms with van der Waals surface area (Å²) in [6.07, 6.45) is 7.02. The Balaban J connectivity index is 2.60. The SMILES string of the molecule is CCC1(C=O)CC=Cc2ccccc21. The second kappa shape index (κ2) is 3.41. The largest absolute Gasteiger partial charge is 0.302 e. The first-order chi connectivity index (χ1) is 6.82. The molecule has 2 rings (SSSR count). The third kappa shape index (κ3) is 1.20. The van der Waals surface area contributed by atoms with Crippen molar-refractivity contribution in [3.63, 3.8) is 0 Å². The van der Waals surface area contributed by atoms with E-state index in [0.29, 0.717) is 0 Å². The Morgan fingerprint density at radius 2 is 2.21 bits per heavy atom. The Bertz CT molecular complexity index is 379. The van der Waals surface area contributed by atoms with Crippen molar-refractivity contribution in [3.05, 3.63) is 41.5 Å². The molecule has 14 heavy (non-hydrogen) atoms. The van der Waals surface area contributed by atoms with Gasteiger partial charge >= 0.3 is 0 Å². The van der Waals surface area contributed by atoms with E-state index >= 15 is 0 Å².